The summed E-state index contributed by atoms with van der Waals surface area (Å²) < 4.78 is 5.07. The highest BCUT2D eigenvalue weighted by Gasteiger charge is 2.19. The van der Waals surface area contributed by atoms with Gasteiger partial charge in [0.2, 0.25) is 0 Å². The third-order valence-corrected chi connectivity index (χ3v) is 5.75. The van der Waals surface area contributed by atoms with E-state index in [1.807, 2.05) is 6.07 Å². The summed E-state index contributed by atoms with van der Waals surface area (Å²) in [7, 11) is 0. The van der Waals surface area contributed by atoms with Crippen molar-refractivity contribution in [3.63, 3.8) is 0 Å². The van der Waals surface area contributed by atoms with Crippen molar-refractivity contribution in [2.45, 2.75) is 32.1 Å². The lowest BCUT2D eigenvalue weighted by Crippen LogP contribution is -2.20. The van der Waals surface area contributed by atoms with Gasteiger partial charge in [-0.05, 0) is 49.4 Å². The number of amides is 1. The van der Waals surface area contributed by atoms with E-state index < -0.39 is 23.4 Å². The first-order valence-electron chi connectivity index (χ1n) is 8.46. The lowest BCUT2D eigenvalue weighted by Gasteiger charge is -2.06. The summed E-state index contributed by atoms with van der Waals surface area (Å²) in [6.45, 7) is -0.474. The summed E-state index contributed by atoms with van der Waals surface area (Å²) in [5, 5.41) is 13.3. The highest BCUT2D eigenvalue weighted by atomic mass is 35.5. The summed E-state index contributed by atoms with van der Waals surface area (Å²) in [4.78, 5) is 36.1. The minimum Gasteiger partial charge on any atom is -0.451 e. The third-order valence-electron chi connectivity index (χ3n) is 4.21. The van der Waals surface area contributed by atoms with Crippen molar-refractivity contribution in [3.05, 3.63) is 54.7 Å². The van der Waals surface area contributed by atoms with E-state index in [2.05, 4.69) is 5.32 Å². The summed E-state index contributed by atoms with van der Waals surface area (Å²) in [6, 6.07) is 5.76. The molecule has 0 atom stereocenters. The van der Waals surface area contributed by atoms with Crippen LogP contribution in [0.15, 0.2) is 24.3 Å². The van der Waals surface area contributed by atoms with Gasteiger partial charge in [-0.1, -0.05) is 18.0 Å². The number of hydrogen-bond donors (Lipinski definition) is 1. The fourth-order valence-electron chi connectivity index (χ4n) is 2.90. The minimum atomic E-state index is -0.640. The highest BCUT2D eigenvalue weighted by Crippen LogP contribution is 2.29. The van der Waals surface area contributed by atoms with Crippen LogP contribution in [0.4, 0.5) is 11.4 Å². The lowest BCUT2D eigenvalue weighted by atomic mass is 10.1. The van der Waals surface area contributed by atoms with Crippen molar-refractivity contribution < 1.29 is 19.2 Å². The maximum atomic E-state index is 12.2. The molecule has 0 aliphatic heterocycles. The van der Waals surface area contributed by atoms with Crippen molar-refractivity contribution in [2.24, 2.45) is 0 Å². The van der Waals surface area contributed by atoms with Crippen LogP contribution in [-0.2, 0) is 22.4 Å². The van der Waals surface area contributed by atoms with Gasteiger partial charge in [0.05, 0.1) is 4.92 Å². The molecule has 1 aromatic heterocycles. The zero-order valence-electron chi connectivity index (χ0n) is 14.3. The number of nitro benzene ring substituents is 1. The first-order valence-corrected chi connectivity index (χ1v) is 9.66. The van der Waals surface area contributed by atoms with Gasteiger partial charge in [-0.25, -0.2) is 4.79 Å². The number of thiophene rings is 1. The number of aryl methyl sites for hydroxylation is 2. The van der Waals surface area contributed by atoms with Crippen molar-refractivity contribution in [3.8, 4) is 0 Å². The molecule has 0 fully saturated rings. The molecule has 0 spiro atoms. The Bertz CT molecular complexity index is 872. The number of esters is 1. The number of nitrogens with zero attached hydrogens (tertiary/aromatic N) is 1. The van der Waals surface area contributed by atoms with Crippen LogP contribution in [0.5, 0.6) is 0 Å². The maximum Gasteiger partial charge on any atom is 0.348 e. The third kappa shape index (κ3) is 4.84. The van der Waals surface area contributed by atoms with Gasteiger partial charge < -0.3 is 10.1 Å². The molecular formula is C18H17ClN2O5S. The SMILES string of the molecule is O=C(COC(=O)c1cc2c(s1)CCCCC2)Nc1ccc(Cl)c([N+](=O)[O-])c1. The topological polar surface area (TPSA) is 98.5 Å². The number of halogens is 1. The van der Waals surface area contributed by atoms with Gasteiger partial charge in [-0.2, -0.15) is 0 Å². The molecular weight excluding hydrogens is 392 g/mol. The van der Waals surface area contributed by atoms with E-state index in [4.69, 9.17) is 16.3 Å². The van der Waals surface area contributed by atoms with Crippen LogP contribution >= 0.6 is 22.9 Å². The quantitative estimate of drug-likeness (QED) is 0.342. The highest BCUT2D eigenvalue weighted by molar-refractivity contribution is 7.14. The molecule has 7 nitrogen and oxygen atoms in total. The largest absolute Gasteiger partial charge is 0.451 e. The number of rotatable bonds is 5. The lowest BCUT2D eigenvalue weighted by molar-refractivity contribution is -0.384. The number of anilines is 1. The average molecular weight is 409 g/mol. The van der Waals surface area contributed by atoms with Crippen LogP contribution in [0.25, 0.3) is 0 Å². The van der Waals surface area contributed by atoms with Crippen LogP contribution in [-0.4, -0.2) is 23.4 Å². The number of hydrogen-bond acceptors (Lipinski definition) is 6. The molecule has 0 bridgehead atoms. The van der Waals surface area contributed by atoms with Crippen molar-refractivity contribution in [2.75, 3.05) is 11.9 Å². The van der Waals surface area contributed by atoms with Crippen molar-refractivity contribution in [1.29, 1.82) is 0 Å². The molecule has 1 aliphatic rings. The summed E-state index contributed by atoms with van der Waals surface area (Å²) in [5.41, 5.74) is 1.09. The van der Waals surface area contributed by atoms with E-state index in [-0.39, 0.29) is 16.4 Å². The van der Waals surface area contributed by atoms with E-state index in [1.165, 1.54) is 40.3 Å². The molecule has 1 heterocycles. The Morgan fingerprint density at radius 1 is 1.22 bits per heavy atom. The molecule has 0 saturated carbocycles. The van der Waals surface area contributed by atoms with Gasteiger partial charge in [0, 0.05) is 16.6 Å². The van der Waals surface area contributed by atoms with Gasteiger partial charge in [-0.15, -0.1) is 11.3 Å². The summed E-state index contributed by atoms with van der Waals surface area (Å²) in [6.07, 6.45) is 5.38. The molecule has 142 valence electrons. The Kier molecular flexibility index (Phi) is 6.08. The zero-order valence-corrected chi connectivity index (χ0v) is 15.9. The predicted octanol–water partition coefficient (Wildman–Crippen LogP) is 4.37. The molecule has 3 rings (SSSR count). The molecule has 2 aromatic rings. The number of carbonyl (C=O) groups excluding carboxylic acids is 2. The van der Waals surface area contributed by atoms with Gasteiger partial charge in [-0.3, -0.25) is 14.9 Å². The Balaban J connectivity index is 1.57. The Morgan fingerprint density at radius 2 is 2.00 bits per heavy atom. The number of nitro groups is 1. The first kappa shape index (κ1) is 19.3. The molecule has 9 heteroatoms. The number of benzene rings is 1. The Morgan fingerprint density at radius 3 is 2.78 bits per heavy atom. The van der Waals surface area contributed by atoms with Crippen LogP contribution in [0.3, 0.4) is 0 Å². The fourth-order valence-corrected chi connectivity index (χ4v) is 4.23. The summed E-state index contributed by atoms with van der Waals surface area (Å²) >= 11 is 7.15. The first-order chi connectivity index (χ1) is 12.9. The Labute approximate surface area is 164 Å². The van der Waals surface area contributed by atoms with Crippen molar-refractivity contribution >= 4 is 46.2 Å². The van der Waals surface area contributed by atoms with E-state index in [9.17, 15) is 19.7 Å². The molecule has 1 aromatic carbocycles. The van der Waals surface area contributed by atoms with Crippen LogP contribution < -0.4 is 5.32 Å². The molecule has 0 saturated heterocycles. The van der Waals surface area contributed by atoms with Crippen LogP contribution in [0.2, 0.25) is 5.02 Å². The van der Waals surface area contributed by atoms with E-state index in [0.717, 1.165) is 31.7 Å². The van der Waals surface area contributed by atoms with Crippen LogP contribution in [0.1, 0.15) is 39.4 Å². The van der Waals surface area contributed by atoms with E-state index in [0.29, 0.717) is 4.88 Å². The smallest absolute Gasteiger partial charge is 0.348 e. The van der Waals surface area contributed by atoms with E-state index >= 15 is 0 Å². The zero-order chi connectivity index (χ0) is 19.4. The number of fused-ring (bicyclic) bond motifs is 1. The van der Waals surface area contributed by atoms with Gasteiger partial charge in [0.1, 0.15) is 9.90 Å². The van der Waals surface area contributed by atoms with Gasteiger partial charge in [0.15, 0.2) is 6.61 Å². The normalized spacial score (nSPS) is 13.4. The average Bonchev–Trinajstić information content (AvgIpc) is 2.92. The predicted molar refractivity (Wildman–Crippen MR) is 103 cm³/mol. The fraction of sp³-hybridized carbons (Fsp3) is 0.333. The maximum absolute atomic E-state index is 12.2. The standard InChI is InChI=1S/C18H17ClN2O5S/c19-13-7-6-12(9-14(13)21(24)25)20-17(22)10-26-18(23)16-8-11-4-2-1-3-5-15(11)27-16/h6-9H,1-5,10H2,(H,20,22). The molecule has 1 aliphatic carbocycles. The molecule has 1 N–H and O–H groups in total. The van der Waals surface area contributed by atoms with E-state index in [1.54, 1.807) is 0 Å². The molecule has 1 amide bonds. The second-order valence-electron chi connectivity index (χ2n) is 6.17. The van der Waals surface area contributed by atoms with Gasteiger partial charge >= 0.3 is 5.97 Å². The molecule has 27 heavy (non-hydrogen) atoms. The molecule has 0 radical (unpaired) electrons. The minimum absolute atomic E-state index is 0.0260. The molecule has 0 unspecified atom stereocenters. The van der Waals surface area contributed by atoms with Gasteiger partial charge in [0.25, 0.3) is 11.6 Å². The number of nitrogens with one attached hydrogen (secondary N) is 1. The number of ether oxygens (including phenoxy) is 1. The van der Waals surface area contributed by atoms with Crippen molar-refractivity contribution in [1.82, 2.24) is 0 Å². The number of carbonyl (C=O) groups is 2. The van der Waals surface area contributed by atoms with Crippen LogP contribution in [0, 0.1) is 10.1 Å². The monoisotopic (exact) mass is 408 g/mol. The second kappa shape index (κ2) is 8.49. The summed E-state index contributed by atoms with van der Waals surface area (Å²) in [5.74, 6) is -1.12. The second-order valence-corrected chi connectivity index (χ2v) is 7.71. The Hall–Kier alpha value is -2.45.